The number of benzene rings is 2. The predicted molar refractivity (Wildman–Crippen MR) is 154 cm³/mol. The summed E-state index contributed by atoms with van der Waals surface area (Å²) >= 11 is 0. The molecule has 3 atom stereocenters. The lowest BCUT2D eigenvalue weighted by atomic mass is 9.56. The van der Waals surface area contributed by atoms with Gasteiger partial charge in [-0.25, -0.2) is 4.39 Å². The van der Waals surface area contributed by atoms with E-state index < -0.39 is 17.2 Å². The standard InChI is InChI=1S/C29H37B2FN4O4/c1-19-7-5-8-26(24(19)17-35(18-38)27(9-6-12-37)28(39)33-4)34-14-22-10-11-23(13-25(22)32)29(30,31)36-15-20(2)40-21(3)16-36/h5,7-8,10-13,18,20-21,27,34H,6,9,14-17H2,1-4H3,(H,33,39). The van der Waals surface area contributed by atoms with Crippen LogP contribution < -0.4 is 10.6 Å². The molecule has 2 amide bonds. The highest BCUT2D eigenvalue weighted by Crippen LogP contribution is 2.28. The average molecular weight is 546 g/mol. The van der Waals surface area contributed by atoms with Crippen molar-refractivity contribution in [3.63, 3.8) is 0 Å². The Morgan fingerprint density at radius 3 is 2.52 bits per heavy atom. The van der Waals surface area contributed by atoms with Crippen LogP contribution in [-0.2, 0) is 37.5 Å². The number of likely N-dealkylation sites (N-methyl/N-ethyl adjacent to an activating group) is 1. The molecular weight excluding hydrogens is 509 g/mol. The molecule has 0 saturated carbocycles. The minimum atomic E-state index is -1.35. The molecule has 2 N–H and O–H groups in total. The van der Waals surface area contributed by atoms with E-state index in [9.17, 15) is 14.4 Å². The Labute approximate surface area is 238 Å². The van der Waals surface area contributed by atoms with Crippen LogP contribution in [-0.4, -0.2) is 82.5 Å². The van der Waals surface area contributed by atoms with Crippen LogP contribution in [0.4, 0.5) is 10.1 Å². The zero-order valence-electron chi connectivity index (χ0n) is 23.7. The Kier molecular flexibility index (Phi) is 10.9. The van der Waals surface area contributed by atoms with E-state index in [-0.39, 0.29) is 44.0 Å². The van der Waals surface area contributed by atoms with Crippen LogP contribution in [0.1, 0.15) is 48.9 Å². The summed E-state index contributed by atoms with van der Waals surface area (Å²) < 4.78 is 21.0. The van der Waals surface area contributed by atoms with Crippen molar-refractivity contribution < 1.29 is 23.5 Å². The maximum Gasteiger partial charge on any atom is 0.242 e. The van der Waals surface area contributed by atoms with Crippen molar-refractivity contribution >= 4 is 40.0 Å². The summed E-state index contributed by atoms with van der Waals surface area (Å²) in [4.78, 5) is 38.6. The number of nitrogens with one attached hydrogen (secondary N) is 2. The molecule has 40 heavy (non-hydrogen) atoms. The SMILES string of the molecule is [B]C([B])(c1ccc(CNc2cccc(C)c2CN(C=O)C(CCC=O)C(=O)NC)c(F)c1)N1CC(C)OC(C)C1. The second-order valence-electron chi connectivity index (χ2n) is 10.4. The van der Waals surface area contributed by atoms with E-state index in [1.54, 1.807) is 12.1 Å². The lowest BCUT2D eigenvalue weighted by Crippen LogP contribution is -2.56. The summed E-state index contributed by atoms with van der Waals surface area (Å²) in [5.41, 5.74) is 3.25. The monoisotopic (exact) mass is 546 g/mol. The molecule has 4 radical (unpaired) electrons. The number of aldehydes is 1. The van der Waals surface area contributed by atoms with Gasteiger partial charge in [0.2, 0.25) is 12.3 Å². The van der Waals surface area contributed by atoms with Crippen LogP contribution in [0.25, 0.3) is 0 Å². The minimum absolute atomic E-state index is 0.0427. The third-order valence-electron chi connectivity index (χ3n) is 7.32. The number of hydrogen-bond acceptors (Lipinski definition) is 6. The summed E-state index contributed by atoms with van der Waals surface area (Å²) in [6.07, 6.45) is 1.60. The van der Waals surface area contributed by atoms with Gasteiger partial charge >= 0.3 is 0 Å². The molecule has 11 heteroatoms. The molecule has 2 aromatic rings. The first kappa shape index (κ1) is 31.4. The normalized spacial score (nSPS) is 18.5. The number of rotatable bonds is 13. The molecule has 0 spiro atoms. The summed E-state index contributed by atoms with van der Waals surface area (Å²) in [7, 11) is 14.5. The largest absolute Gasteiger partial charge is 0.381 e. The fourth-order valence-electron chi connectivity index (χ4n) is 5.11. The number of nitrogens with zero attached hydrogens (tertiary/aromatic N) is 2. The number of ether oxygens (including phenoxy) is 1. The Bertz CT molecular complexity index is 1190. The molecule has 1 saturated heterocycles. The third-order valence-corrected chi connectivity index (χ3v) is 7.32. The number of carbonyl (C=O) groups is 3. The zero-order chi connectivity index (χ0) is 29.4. The summed E-state index contributed by atoms with van der Waals surface area (Å²) in [5.74, 6) is -0.798. The van der Waals surface area contributed by atoms with E-state index in [2.05, 4.69) is 10.6 Å². The van der Waals surface area contributed by atoms with E-state index in [0.29, 0.717) is 36.3 Å². The van der Waals surface area contributed by atoms with Crippen LogP contribution in [0.15, 0.2) is 36.4 Å². The fourth-order valence-corrected chi connectivity index (χ4v) is 5.11. The van der Waals surface area contributed by atoms with E-state index in [0.717, 1.165) is 17.4 Å². The molecule has 8 nitrogen and oxygen atoms in total. The fraction of sp³-hybridized carbons (Fsp3) is 0.483. The molecule has 0 aliphatic carbocycles. The van der Waals surface area contributed by atoms with Crippen molar-refractivity contribution in [3.8, 4) is 0 Å². The topological polar surface area (TPSA) is 91.0 Å². The Morgan fingerprint density at radius 1 is 1.23 bits per heavy atom. The summed E-state index contributed by atoms with van der Waals surface area (Å²) in [6, 6.07) is 9.56. The Balaban J connectivity index is 1.78. The van der Waals surface area contributed by atoms with E-state index in [4.69, 9.17) is 20.4 Å². The predicted octanol–water partition coefficient (Wildman–Crippen LogP) is 2.35. The molecule has 1 heterocycles. The number of aryl methyl sites for hydroxylation is 1. The van der Waals surface area contributed by atoms with Gasteiger partial charge in [0.05, 0.1) is 27.9 Å². The van der Waals surface area contributed by atoms with Crippen molar-refractivity contribution in [2.45, 2.75) is 70.3 Å². The molecule has 1 aliphatic heterocycles. The van der Waals surface area contributed by atoms with Gasteiger partial charge in [-0.2, -0.15) is 0 Å². The molecule has 2 aromatic carbocycles. The molecular formula is C29H37B2FN4O4. The number of amides is 2. The number of anilines is 1. The van der Waals surface area contributed by atoms with Crippen LogP contribution >= 0.6 is 0 Å². The van der Waals surface area contributed by atoms with Crippen molar-refractivity contribution in [3.05, 3.63) is 64.5 Å². The highest BCUT2D eigenvalue weighted by atomic mass is 19.1. The van der Waals surface area contributed by atoms with Crippen LogP contribution in [0.3, 0.4) is 0 Å². The van der Waals surface area contributed by atoms with Gasteiger partial charge in [-0.1, -0.05) is 24.3 Å². The molecule has 0 bridgehead atoms. The molecule has 1 aliphatic rings. The van der Waals surface area contributed by atoms with Crippen molar-refractivity contribution in [1.82, 2.24) is 15.1 Å². The maximum absolute atomic E-state index is 15.3. The van der Waals surface area contributed by atoms with Gasteiger partial charge in [0.15, 0.2) is 0 Å². The molecule has 210 valence electrons. The Hall–Kier alpha value is -3.17. The lowest BCUT2D eigenvalue weighted by Gasteiger charge is -2.46. The van der Waals surface area contributed by atoms with Crippen molar-refractivity contribution in [1.29, 1.82) is 0 Å². The van der Waals surface area contributed by atoms with Crippen LogP contribution in [0, 0.1) is 12.7 Å². The second-order valence-corrected chi connectivity index (χ2v) is 10.4. The van der Waals surface area contributed by atoms with E-state index in [1.807, 2.05) is 43.9 Å². The highest BCUT2D eigenvalue weighted by Gasteiger charge is 2.34. The second kappa shape index (κ2) is 13.9. The third kappa shape index (κ3) is 7.52. The first-order valence-corrected chi connectivity index (χ1v) is 13.5. The number of morpholine rings is 1. The van der Waals surface area contributed by atoms with Crippen molar-refractivity contribution in [2.24, 2.45) is 0 Å². The molecule has 0 aromatic heterocycles. The first-order valence-electron chi connectivity index (χ1n) is 13.5. The number of hydrogen-bond donors (Lipinski definition) is 2. The van der Waals surface area contributed by atoms with Crippen molar-refractivity contribution in [2.75, 3.05) is 25.5 Å². The highest BCUT2D eigenvalue weighted by molar-refractivity contribution is 6.39. The smallest absolute Gasteiger partial charge is 0.242 e. The molecule has 3 rings (SSSR count). The van der Waals surface area contributed by atoms with E-state index >= 15 is 4.39 Å². The van der Waals surface area contributed by atoms with Gasteiger partial charge < -0.3 is 30.0 Å². The van der Waals surface area contributed by atoms with Gasteiger partial charge in [-0.3, -0.25) is 9.59 Å². The Morgan fingerprint density at radius 2 is 1.93 bits per heavy atom. The van der Waals surface area contributed by atoms with Gasteiger partial charge in [0.25, 0.3) is 0 Å². The van der Waals surface area contributed by atoms with Gasteiger partial charge in [0.1, 0.15) is 18.1 Å². The maximum atomic E-state index is 15.3. The molecule has 1 fully saturated rings. The first-order chi connectivity index (χ1) is 19.0. The van der Waals surface area contributed by atoms with Gasteiger partial charge in [-0.05, 0) is 61.4 Å². The number of halogens is 1. The lowest BCUT2D eigenvalue weighted by molar-refractivity contribution is -0.133. The zero-order valence-corrected chi connectivity index (χ0v) is 23.7. The van der Waals surface area contributed by atoms with E-state index in [1.165, 1.54) is 18.0 Å². The van der Waals surface area contributed by atoms with Crippen LogP contribution in [0.2, 0.25) is 0 Å². The minimum Gasteiger partial charge on any atom is -0.381 e. The number of carbonyl (C=O) groups excluding carboxylic acids is 3. The van der Waals surface area contributed by atoms with Crippen LogP contribution in [0.5, 0.6) is 0 Å². The van der Waals surface area contributed by atoms with Gasteiger partial charge in [0, 0.05) is 50.9 Å². The van der Waals surface area contributed by atoms with Gasteiger partial charge in [-0.15, -0.1) is 0 Å². The average Bonchev–Trinajstić information content (AvgIpc) is 2.92. The quantitative estimate of drug-likeness (QED) is 0.296. The summed E-state index contributed by atoms with van der Waals surface area (Å²) in [6.45, 7) is 7.17. The molecule has 3 unspecified atom stereocenters. The summed E-state index contributed by atoms with van der Waals surface area (Å²) in [5, 5.41) is 4.47.